The van der Waals surface area contributed by atoms with Gasteiger partial charge in [-0.05, 0) is 24.0 Å². The predicted octanol–water partition coefficient (Wildman–Crippen LogP) is 3.50. The average Bonchev–Trinajstić information content (AvgIpc) is 3.00. The van der Waals surface area contributed by atoms with E-state index in [2.05, 4.69) is 17.6 Å². The van der Waals surface area contributed by atoms with Crippen molar-refractivity contribution < 1.29 is 14.4 Å². The lowest BCUT2D eigenvalue weighted by molar-refractivity contribution is -0.135. The van der Waals surface area contributed by atoms with Crippen LogP contribution in [-0.4, -0.2) is 29.3 Å². The van der Waals surface area contributed by atoms with E-state index in [-0.39, 0.29) is 18.5 Å². The number of nitrogens with zero attached hydrogens (tertiary/aromatic N) is 1. The van der Waals surface area contributed by atoms with Crippen LogP contribution < -0.4 is 10.6 Å². The molecular weight excluding hydrogens is 366 g/mol. The monoisotopic (exact) mass is 393 g/mol. The molecule has 2 N–H and O–H groups in total. The molecule has 2 atom stereocenters. The molecule has 29 heavy (non-hydrogen) atoms. The van der Waals surface area contributed by atoms with E-state index in [0.29, 0.717) is 6.42 Å². The van der Waals surface area contributed by atoms with Crippen LogP contribution >= 0.6 is 0 Å². The molecule has 6 nitrogen and oxygen atoms in total. The number of imide groups is 1. The first kappa shape index (κ1) is 20.6. The summed E-state index contributed by atoms with van der Waals surface area (Å²) < 4.78 is 0. The van der Waals surface area contributed by atoms with Crippen LogP contribution in [0, 0.1) is 0 Å². The topological polar surface area (TPSA) is 78.5 Å². The van der Waals surface area contributed by atoms with Crippen molar-refractivity contribution >= 4 is 17.8 Å². The van der Waals surface area contributed by atoms with Crippen molar-refractivity contribution in [1.82, 2.24) is 15.5 Å². The van der Waals surface area contributed by atoms with Crippen LogP contribution in [0.4, 0.5) is 4.79 Å². The van der Waals surface area contributed by atoms with Crippen molar-refractivity contribution in [2.24, 2.45) is 0 Å². The Kier molecular flexibility index (Phi) is 6.32. The third kappa shape index (κ3) is 4.16. The standard InChI is InChI=1S/C23H27N3O3/c1-3-11-19(17-12-7-5-8-13-17)24-20(27)16-26-21(28)23(4-2,25-22(26)29)18-14-9-6-10-15-18/h5-10,12-15,19H,3-4,11,16H2,1-2H3,(H,24,27)(H,25,29)/t19-,23-/m0/s1. The number of hydrogen-bond donors (Lipinski definition) is 2. The number of nitrogens with one attached hydrogen (secondary N) is 2. The second-order valence-corrected chi connectivity index (χ2v) is 7.27. The minimum Gasteiger partial charge on any atom is -0.348 e. The van der Waals surface area contributed by atoms with Gasteiger partial charge in [0.2, 0.25) is 5.91 Å². The van der Waals surface area contributed by atoms with Crippen LogP contribution in [0.2, 0.25) is 0 Å². The van der Waals surface area contributed by atoms with Gasteiger partial charge in [0.1, 0.15) is 12.1 Å². The van der Waals surface area contributed by atoms with Gasteiger partial charge in [-0.25, -0.2) is 4.79 Å². The molecule has 0 unspecified atom stereocenters. The molecule has 1 fully saturated rings. The van der Waals surface area contributed by atoms with Crippen LogP contribution in [0.15, 0.2) is 60.7 Å². The fourth-order valence-electron chi connectivity index (χ4n) is 3.81. The summed E-state index contributed by atoms with van der Waals surface area (Å²) >= 11 is 0. The Bertz CT molecular complexity index is 869. The maximum Gasteiger partial charge on any atom is 0.325 e. The van der Waals surface area contributed by atoms with Crippen molar-refractivity contribution in [1.29, 1.82) is 0 Å². The van der Waals surface area contributed by atoms with Crippen molar-refractivity contribution in [3.05, 3.63) is 71.8 Å². The van der Waals surface area contributed by atoms with Gasteiger partial charge >= 0.3 is 6.03 Å². The van der Waals surface area contributed by atoms with E-state index < -0.39 is 17.5 Å². The highest BCUT2D eigenvalue weighted by Crippen LogP contribution is 2.32. The molecule has 2 aromatic rings. The second-order valence-electron chi connectivity index (χ2n) is 7.27. The molecule has 0 saturated carbocycles. The van der Waals surface area contributed by atoms with Crippen LogP contribution in [0.1, 0.15) is 50.3 Å². The van der Waals surface area contributed by atoms with Gasteiger partial charge in [0, 0.05) is 0 Å². The lowest BCUT2D eigenvalue weighted by atomic mass is 9.87. The highest BCUT2D eigenvalue weighted by molar-refractivity contribution is 6.09. The average molecular weight is 393 g/mol. The van der Waals surface area contributed by atoms with Gasteiger partial charge in [-0.1, -0.05) is 80.9 Å². The van der Waals surface area contributed by atoms with E-state index in [0.717, 1.165) is 28.9 Å². The van der Waals surface area contributed by atoms with Gasteiger partial charge < -0.3 is 10.6 Å². The summed E-state index contributed by atoms with van der Waals surface area (Å²) in [6.07, 6.45) is 2.08. The van der Waals surface area contributed by atoms with E-state index in [1.165, 1.54) is 0 Å². The zero-order valence-corrected chi connectivity index (χ0v) is 16.9. The molecule has 1 heterocycles. The van der Waals surface area contributed by atoms with Crippen LogP contribution in [0.25, 0.3) is 0 Å². The van der Waals surface area contributed by atoms with Crippen LogP contribution in [0.5, 0.6) is 0 Å². The molecule has 0 radical (unpaired) electrons. The van der Waals surface area contributed by atoms with Gasteiger partial charge in [-0.15, -0.1) is 0 Å². The van der Waals surface area contributed by atoms with Gasteiger partial charge in [-0.2, -0.15) is 0 Å². The zero-order chi connectivity index (χ0) is 20.9. The minimum atomic E-state index is -1.12. The van der Waals surface area contributed by atoms with E-state index in [1.54, 1.807) is 0 Å². The van der Waals surface area contributed by atoms with Crippen LogP contribution in [-0.2, 0) is 15.1 Å². The Labute approximate surface area is 171 Å². The molecule has 4 amide bonds. The van der Waals surface area contributed by atoms with Crippen LogP contribution in [0.3, 0.4) is 0 Å². The van der Waals surface area contributed by atoms with Crippen molar-refractivity contribution in [2.45, 2.75) is 44.7 Å². The first-order chi connectivity index (χ1) is 14.0. The maximum absolute atomic E-state index is 13.1. The lowest BCUT2D eigenvalue weighted by Crippen LogP contribution is -2.45. The van der Waals surface area contributed by atoms with Crippen molar-refractivity contribution in [3.63, 3.8) is 0 Å². The quantitative estimate of drug-likeness (QED) is 0.674. The summed E-state index contributed by atoms with van der Waals surface area (Å²) in [5.74, 6) is -0.742. The molecule has 1 aliphatic heterocycles. The van der Waals surface area contributed by atoms with Crippen molar-refractivity contribution in [2.75, 3.05) is 6.54 Å². The van der Waals surface area contributed by atoms with Gasteiger partial charge in [0.15, 0.2) is 0 Å². The molecule has 1 saturated heterocycles. The number of benzene rings is 2. The Hall–Kier alpha value is -3.15. The largest absolute Gasteiger partial charge is 0.348 e. The van der Waals surface area contributed by atoms with Gasteiger partial charge in [-0.3, -0.25) is 14.5 Å². The second kappa shape index (κ2) is 8.90. The molecule has 0 bridgehead atoms. The Morgan fingerprint density at radius 1 is 1.03 bits per heavy atom. The normalized spacial score (nSPS) is 19.7. The summed E-state index contributed by atoms with van der Waals surface area (Å²) in [4.78, 5) is 39.4. The molecule has 152 valence electrons. The number of urea groups is 1. The first-order valence-corrected chi connectivity index (χ1v) is 10.1. The molecule has 1 aliphatic rings. The fraction of sp³-hybridized carbons (Fsp3) is 0.348. The fourth-order valence-corrected chi connectivity index (χ4v) is 3.81. The molecule has 6 heteroatoms. The molecule has 0 spiro atoms. The third-order valence-electron chi connectivity index (χ3n) is 5.39. The number of amides is 4. The van der Waals surface area contributed by atoms with Gasteiger partial charge in [0.05, 0.1) is 6.04 Å². The summed E-state index contributed by atoms with van der Waals surface area (Å²) in [5.41, 5.74) is 0.602. The molecule has 2 aromatic carbocycles. The lowest BCUT2D eigenvalue weighted by Gasteiger charge is -2.26. The van der Waals surface area contributed by atoms with E-state index >= 15 is 0 Å². The number of rotatable bonds is 8. The molecule has 0 aromatic heterocycles. The Morgan fingerprint density at radius 2 is 1.66 bits per heavy atom. The number of carbonyl (C=O) groups excluding carboxylic acids is 3. The Balaban J connectivity index is 1.75. The highest BCUT2D eigenvalue weighted by Gasteiger charge is 2.51. The molecule has 3 rings (SSSR count). The SMILES string of the molecule is CCC[C@H](NC(=O)CN1C(=O)N[C@@](CC)(c2ccccc2)C1=O)c1ccccc1. The molecular formula is C23H27N3O3. The summed E-state index contributed by atoms with van der Waals surface area (Å²) in [5, 5.41) is 5.78. The van der Waals surface area contributed by atoms with Crippen molar-refractivity contribution in [3.8, 4) is 0 Å². The third-order valence-corrected chi connectivity index (χ3v) is 5.39. The van der Waals surface area contributed by atoms with E-state index in [4.69, 9.17) is 0 Å². The maximum atomic E-state index is 13.1. The smallest absolute Gasteiger partial charge is 0.325 e. The summed E-state index contributed by atoms with van der Waals surface area (Å²) in [6.45, 7) is 3.60. The molecule has 0 aliphatic carbocycles. The Morgan fingerprint density at radius 3 is 2.24 bits per heavy atom. The summed E-state index contributed by atoms with van der Waals surface area (Å²) in [6, 6.07) is 18.2. The number of carbonyl (C=O) groups is 3. The minimum absolute atomic E-state index is 0.153. The highest BCUT2D eigenvalue weighted by atomic mass is 16.2. The summed E-state index contributed by atoms with van der Waals surface area (Å²) in [7, 11) is 0. The first-order valence-electron chi connectivity index (χ1n) is 10.1. The van der Waals surface area contributed by atoms with Gasteiger partial charge in [0.25, 0.3) is 5.91 Å². The van der Waals surface area contributed by atoms with E-state index in [1.807, 2.05) is 67.6 Å². The number of hydrogen-bond acceptors (Lipinski definition) is 3. The zero-order valence-electron chi connectivity index (χ0n) is 16.9. The predicted molar refractivity (Wildman–Crippen MR) is 111 cm³/mol. The van der Waals surface area contributed by atoms with E-state index in [9.17, 15) is 14.4 Å².